The summed E-state index contributed by atoms with van der Waals surface area (Å²) in [7, 11) is 0. The average Bonchev–Trinajstić information content (AvgIpc) is 3.07. The molecule has 37 heavy (non-hydrogen) atoms. The first-order valence-electron chi connectivity index (χ1n) is 12.5. The van der Waals surface area contributed by atoms with E-state index in [1.807, 2.05) is 6.07 Å². The van der Waals surface area contributed by atoms with Gasteiger partial charge in [0.1, 0.15) is 17.8 Å². The third-order valence-corrected chi connectivity index (χ3v) is 7.22. The summed E-state index contributed by atoms with van der Waals surface area (Å²) in [5.41, 5.74) is 7.06. The summed E-state index contributed by atoms with van der Waals surface area (Å²) < 4.78 is 42.1. The Morgan fingerprint density at radius 2 is 1.57 bits per heavy atom. The average molecular weight is 508 g/mol. The number of fused-ring (bicyclic) bond motifs is 1. The lowest BCUT2D eigenvalue weighted by Gasteiger charge is -2.31. The Morgan fingerprint density at radius 1 is 0.892 bits per heavy atom. The second kappa shape index (κ2) is 10.3. The van der Waals surface area contributed by atoms with E-state index in [-0.39, 0.29) is 17.4 Å². The molecule has 1 heterocycles. The second-order valence-corrected chi connectivity index (χ2v) is 9.63. The van der Waals surface area contributed by atoms with Crippen molar-refractivity contribution in [3.05, 3.63) is 89.0 Å². The number of phenolic OH excluding ortho intramolecular Hbond substituents is 1. The van der Waals surface area contributed by atoms with Crippen LogP contribution in [0.15, 0.2) is 66.7 Å². The summed E-state index contributed by atoms with van der Waals surface area (Å²) in [5, 5.41) is 10.1. The van der Waals surface area contributed by atoms with Crippen LogP contribution in [0.5, 0.6) is 11.5 Å². The van der Waals surface area contributed by atoms with Gasteiger partial charge in [-0.2, -0.15) is 0 Å². The molecule has 5 rings (SSSR count). The highest BCUT2D eigenvalue weighted by molar-refractivity contribution is 6.00. The molecule has 0 atom stereocenters. The lowest BCUT2D eigenvalue weighted by atomic mass is 9.87. The highest BCUT2D eigenvalue weighted by atomic mass is 19.4. The Balaban J connectivity index is 1.54. The number of allylic oxidation sites excluding steroid dienone is 1. The Bertz CT molecular complexity index is 1290. The number of phenols is 1. The Kier molecular flexibility index (Phi) is 6.96. The van der Waals surface area contributed by atoms with Crippen LogP contribution in [0.2, 0.25) is 0 Å². The molecule has 0 spiro atoms. The molecular formula is C30H28F3NO3. The van der Waals surface area contributed by atoms with Gasteiger partial charge in [0.15, 0.2) is 0 Å². The topological polar surface area (TPSA) is 49.8 Å². The number of aldehydes is 1. The Hall–Kier alpha value is -3.74. The highest BCUT2D eigenvalue weighted by Crippen LogP contribution is 2.41. The minimum absolute atomic E-state index is 0.134. The van der Waals surface area contributed by atoms with E-state index in [1.54, 1.807) is 24.3 Å². The van der Waals surface area contributed by atoms with Crippen molar-refractivity contribution in [1.29, 1.82) is 0 Å². The summed E-state index contributed by atoms with van der Waals surface area (Å²) in [4.78, 5) is 13.4. The van der Waals surface area contributed by atoms with Crippen molar-refractivity contribution < 1.29 is 27.8 Å². The number of carbonyl (C=O) groups is 1. The molecule has 0 unspecified atom stereocenters. The molecule has 4 nitrogen and oxygen atoms in total. The van der Waals surface area contributed by atoms with Gasteiger partial charge in [-0.05, 0) is 102 Å². The van der Waals surface area contributed by atoms with Crippen LogP contribution in [-0.4, -0.2) is 30.8 Å². The predicted molar refractivity (Wildman–Crippen MR) is 138 cm³/mol. The summed E-state index contributed by atoms with van der Waals surface area (Å²) in [6.07, 6.45) is 0.398. The fraction of sp³-hybridized carbons (Fsp3) is 0.300. The molecule has 3 aromatic carbocycles. The normalized spacial score (nSPS) is 16.8. The number of piperidine rings is 1. The Morgan fingerprint density at radius 3 is 2.22 bits per heavy atom. The minimum atomic E-state index is -4.74. The van der Waals surface area contributed by atoms with Gasteiger partial charge in [0.05, 0.1) is 0 Å². The third kappa shape index (κ3) is 5.66. The van der Waals surface area contributed by atoms with Gasteiger partial charge in [-0.15, -0.1) is 13.2 Å². The van der Waals surface area contributed by atoms with Crippen molar-refractivity contribution in [3.63, 3.8) is 0 Å². The third-order valence-electron chi connectivity index (χ3n) is 7.22. The van der Waals surface area contributed by atoms with Crippen LogP contribution in [0.4, 0.5) is 18.9 Å². The smallest absolute Gasteiger partial charge is 0.508 e. The van der Waals surface area contributed by atoms with E-state index in [9.17, 15) is 23.1 Å². The number of carbonyl (C=O) groups excluding carboxylic acids is 1. The minimum Gasteiger partial charge on any atom is -0.508 e. The van der Waals surface area contributed by atoms with Crippen LogP contribution in [0.3, 0.4) is 0 Å². The number of hydrogen-bond acceptors (Lipinski definition) is 4. The van der Waals surface area contributed by atoms with Crippen molar-refractivity contribution in [2.45, 2.75) is 38.5 Å². The number of anilines is 1. The zero-order valence-corrected chi connectivity index (χ0v) is 20.3. The van der Waals surface area contributed by atoms with Gasteiger partial charge in [-0.3, -0.25) is 0 Å². The maximum atomic E-state index is 12.7. The lowest BCUT2D eigenvalue weighted by Crippen LogP contribution is -2.34. The molecule has 1 saturated heterocycles. The zero-order valence-electron chi connectivity index (χ0n) is 20.3. The van der Waals surface area contributed by atoms with Crippen LogP contribution in [0, 0.1) is 5.92 Å². The first-order chi connectivity index (χ1) is 17.8. The monoisotopic (exact) mass is 507 g/mol. The molecule has 1 N–H and O–H groups in total. The van der Waals surface area contributed by atoms with Crippen LogP contribution in [0.25, 0.3) is 11.1 Å². The molecule has 192 valence electrons. The molecule has 2 aliphatic rings. The van der Waals surface area contributed by atoms with Crippen molar-refractivity contribution in [3.8, 4) is 11.5 Å². The molecule has 0 aromatic heterocycles. The molecule has 0 saturated carbocycles. The summed E-state index contributed by atoms with van der Waals surface area (Å²) >= 11 is 0. The van der Waals surface area contributed by atoms with Crippen LogP contribution in [-0.2, 0) is 11.2 Å². The molecule has 1 fully saturated rings. The summed E-state index contributed by atoms with van der Waals surface area (Å²) in [5.74, 6) is 0.0967. The zero-order chi connectivity index (χ0) is 26.0. The fourth-order valence-corrected chi connectivity index (χ4v) is 5.38. The van der Waals surface area contributed by atoms with Crippen molar-refractivity contribution in [2.24, 2.45) is 5.92 Å². The number of benzene rings is 3. The van der Waals surface area contributed by atoms with E-state index in [2.05, 4.69) is 33.9 Å². The maximum Gasteiger partial charge on any atom is 0.573 e. The summed E-state index contributed by atoms with van der Waals surface area (Å²) in [6.45, 7) is 1.68. The number of nitrogens with zero attached hydrogens (tertiary/aromatic N) is 1. The fourth-order valence-electron chi connectivity index (χ4n) is 5.38. The van der Waals surface area contributed by atoms with Crippen LogP contribution >= 0.6 is 0 Å². The van der Waals surface area contributed by atoms with Gasteiger partial charge < -0.3 is 19.5 Å². The van der Waals surface area contributed by atoms with Gasteiger partial charge in [-0.25, -0.2) is 0 Å². The first kappa shape index (κ1) is 24.9. The number of aromatic hydroxyl groups is 1. The second-order valence-electron chi connectivity index (χ2n) is 9.63. The van der Waals surface area contributed by atoms with Crippen molar-refractivity contribution in [2.75, 3.05) is 18.0 Å². The number of ether oxygens (including phenoxy) is 1. The van der Waals surface area contributed by atoms with E-state index < -0.39 is 6.36 Å². The van der Waals surface area contributed by atoms with Crippen LogP contribution in [0.1, 0.15) is 47.9 Å². The number of rotatable bonds is 5. The number of hydrogen-bond donors (Lipinski definition) is 1. The molecule has 3 aromatic rings. The van der Waals surface area contributed by atoms with E-state index in [0.717, 1.165) is 90.6 Å². The molecule has 0 radical (unpaired) electrons. The van der Waals surface area contributed by atoms with E-state index in [0.29, 0.717) is 0 Å². The number of alkyl halides is 3. The van der Waals surface area contributed by atoms with Crippen molar-refractivity contribution in [1.82, 2.24) is 0 Å². The van der Waals surface area contributed by atoms with Gasteiger partial charge >= 0.3 is 6.36 Å². The largest absolute Gasteiger partial charge is 0.573 e. The van der Waals surface area contributed by atoms with E-state index in [4.69, 9.17) is 0 Å². The SMILES string of the molecule is O=CC1CCN(c2ccc(C3=C(c4ccc(OC(F)(F)F)cc4)CCCc4cc(O)ccc43)cc2)CC1. The number of aryl methyl sites for hydroxylation is 1. The van der Waals surface area contributed by atoms with Gasteiger partial charge in [0.25, 0.3) is 0 Å². The Labute approximate surface area is 214 Å². The van der Waals surface area contributed by atoms with Gasteiger partial charge in [-0.1, -0.05) is 30.3 Å². The molecule has 0 amide bonds. The van der Waals surface area contributed by atoms with Gasteiger partial charge in [0, 0.05) is 24.7 Å². The molecule has 1 aliphatic heterocycles. The standard InChI is InChI=1S/C30H28F3NO3/c31-30(32,33)37-26-11-6-21(7-12-26)27-3-1-2-23-18-25(36)10-13-28(23)29(27)22-4-8-24(9-5-22)34-16-14-20(19-35)15-17-34/h4-13,18-20,36H,1-3,14-17H2. The van der Waals surface area contributed by atoms with Crippen molar-refractivity contribution >= 4 is 23.1 Å². The highest BCUT2D eigenvalue weighted by Gasteiger charge is 2.31. The molecular weight excluding hydrogens is 479 g/mol. The number of halogens is 3. The lowest BCUT2D eigenvalue weighted by molar-refractivity contribution is -0.274. The molecule has 1 aliphatic carbocycles. The summed E-state index contributed by atoms with van der Waals surface area (Å²) in [6, 6.07) is 19.8. The molecule has 0 bridgehead atoms. The van der Waals surface area contributed by atoms with Gasteiger partial charge in [0.2, 0.25) is 0 Å². The van der Waals surface area contributed by atoms with E-state index in [1.165, 1.54) is 12.1 Å². The predicted octanol–water partition coefficient (Wildman–Crippen LogP) is 7.00. The molecule has 7 heteroatoms. The quantitative estimate of drug-likeness (QED) is 0.378. The van der Waals surface area contributed by atoms with E-state index >= 15 is 0 Å². The van der Waals surface area contributed by atoms with Crippen LogP contribution < -0.4 is 9.64 Å². The first-order valence-corrected chi connectivity index (χ1v) is 12.5. The maximum absolute atomic E-state index is 12.7.